The fraction of sp³-hybridized carbons (Fsp3) is 0.562. The van der Waals surface area contributed by atoms with E-state index in [0.717, 1.165) is 24.0 Å². The van der Waals surface area contributed by atoms with Crippen LogP contribution in [0.5, 0.6) is 0 Å². The lowest BCUT2D eigenvalue weighted by atomic mass is 10.0. The van der Waals surface area contributed by atoms with E-state index in [1.807, 2.05) is 32.0 Å². The summed E-state index contributed by atoms with van der Waals surface area (Å²) >= 11 is 0. The molecular weight excluding hydrogens is 224 g/mol. The van der Waals surface area contributed by atoms with Gasteiger partial charge in [-0.2, -0.15) is 0 Å². The molecule has 0 radical (unpaired) electrons. The summed E-state index contributed by atoms with van der Waals surface area (Å²) in [5.41, 5.74) is 3.00. The third-order valence-electron chi connectivity index (χ3n) is 2.99. The third kappa shape index (κ3) is 5.01. The molecule has 0 atom stereocenters. The Hall–Kier alpha value is -1.15. The lowest BCUT2D eigenvalue weighted by Crippen LogP contribution is -2.11. The maximum absolute atomic E-state index is 11.9. The minimum atomic E-state index is 0.0806. The Balaban J connectivity index is 2.36. The molecule has 2 heteroatoms. The second kappa shape index (κ2) is 7.32. The van der Waals surface area contributed by atoms with E-state index in [4.69, 9.17) is 4.74 Å². The van der Waals surface area contributed by atoms with E-state index < -0.39 is 0 Å². The number of ether oxygens (including phenoxy) is 1. The molecule has 0 spiro atoms. The molecule has 0 bridgehead atoms. The molecule has 0 aromatic heterocycles. The van der Waals surface area contributed by atoms with Crippen molar-refractivity contribution >= 4 is 5.78 Å². The van der Waals surface area contributed by atoms with Crippen molar-refractivity contribution in [1.82, 2.24) is 0 Å². The van der Waals surface area contributed by atoms with Crippen LogP contribution in [0.4, 0.5) is 0 Å². The molecule has 0 amide bonds. The molecule has 0 aliphatic rings. The molecule has 1 aromatic rings. The van der Waals surface area contributed by atoms with Crippen LogP contribution in [0, 0.1) is 19.8 Å². The van der Waals surface area contributed by atoms with Gasteiger partial charge in [-0.15, -0.1) is 0 Å². The average Bonchev–Trinajstić information content (AvgIpc) is 2.27. The number of aryl methyl sites for hydroxylation is 2. The number of carbonyl (C=O) groups is 1. The highest BCUT2D eigenvalue weighted by atomic mass is 16.5. The van der Waals surface area contributed by atoms with Crippen molar-refractivity contribution in [3.63, 3.8) is 0 Å². The smallest absolute Gasteiger partial charge is 0.188 e. The van der Waals surface area contributed by atoms with E-state index in [1.54, 1.807) is 0 Å². The second-order valence-corrected chi connectivity index (χ2v) is 5.33. The van der Waals surface area contributed by atoms with Crippen molar-refractivity contribution in [3.8, 4) is 0 Å². The van der Waals surface area contributed by atoms with Gasteiger partial charge in [0.25, 0.3) is 0 Å². The first kappa shape index (κ1) is 14.9. The SMILES string of the molecule is Cc1ccc(C(=O)COCCCC(C)C)c(C)c1. The molecule has 0 unspecified atom stereocenters. The van der Waals surface area contributed by atoms with Crippen molar-refractivity contribution in [2.24, 2.45) is 5.92 Å². The van der Waals surface area contributed by atoms with Crippen LogP contribution in [0.1, 0.15) is 48.2 Å². The van der Waals surface area contributed by atoms with Gasteiger partial charge in [-0.25, -0.2) is 0 Å². The number of ketones is 1. The van der Waals surface area contributed by atoms with Gasteiger partial charge in [-0.05, 0) is 38.2 Å². The summed E-state index contributed by atoms with van der Waals surface area (Å²) in [5, 5.41) is 0. The summed E-state index contributed by atoms with van der Waals surface area (Å²) in [5.74, 6) is 0.778. The first-order chi connectivity index (χ1) is 8.50. The van der Waals surface area contributed by atoms with Crippen LogP contribution < -0.4 is 0 Å². The van der Waals surface area contributed by atoms with Crippen molar-refractivity contribution in [2.45, 2.75) is 40.5 Å². The maximum Gasteiger partial charge on any atom is 0.188 e. The monoisotopic (exact) mass is 248 g/mol. The van der Waals surface area contributed by atoms with Gasteiger partial charge in [-0.1, -0.05) is 37.6 Å². The second-order valence-electron chi connectivity index (χ2n) is 5.33. The summed E-state index contributed by atoms with van der Waals surface area (Å²) < 4.78 is 5.44. The predicted molar refractivity (Wildman–Crippen MR) is 75.1 cm³/mol. The Bertz CT molecular complexity index is 394. The van der Waals surface area contributed by atoms with Crippen molar-refractivity contribution in [3.05, 3.63) is 34.9 Å². The highest BCUT2D eigenvalue weighted by molar-refractivity contribution is 5.98. The summed E-state index contributed by atoms with van der Waals surface area (Å²) in [6.07, 6.45) is 2.18. The Morgan fingerprint density at radius 3 is 2.61 bits per heavy atom. The predicted octanol–water partition coefficient (Wildman–Crippen LogP) is 3.94. The zero-order valence-corrected chi connectivity index (χ0v) is 12.0. The summed E-state index contributed by atoms with van der Waals surface area (Å²) in [6, 6.07) is 5.90. The van der Waals surface area contributed by atoms with Crippen LogP contribution in [0.2, 0.25) is 0 Å². The Morgan fingerprint density at radius 1 is 1.28 bits per heavy atom. The lowest BCUT2D eigenvalue weighted by molar-refractivity contribution is 0.0748. The molecule has 1 rings (SSSR count). The van der Waals surface area contributed by atoms with Gasteiger partial charge in [0, 0.05) is 12.2 Å². The molecular formula is C16H24O2. The minimum absolute atomic E-state index is 0.0806. The molecule has 0 aliphatic heterocycles. The fourth-order valence-electron chi connectivity index (χ4n) is 1.96. The summed E-state index contributed by atoms with van der Waals surface area (Å²) in [6.45, 7) is 9.27. The molecule has 100 valence electrons. The third-order valence-corrected chi connectivity index (χ3v) is 2.99. The largest absolute Gasteiger partial charge is 0.373 e. The average molecular weight is 248 g/mol. The molecule has 0 fully saturated rings. The molecule has 1 aromatic carbocycles. The summed E-state index contributed by atoms with van der Waals surface area (Å²) in [4.78, 5) is 11.9. The van der Waals surface area contributed by atoms with E-state index in [9.17, 15) is 4.79 Å². The topological polar surface area (TPSA) is 26.3 Å². The normalized spacial score (nSPS) is 10.9. The number of rotatable bonds is 7. The molecule has 0 aliphatic carbocycles. The zero-order valence-electron chi connectivity index (χ0n) is 12.0. The fourth-order valence-corrected chi connectivity index (χ4v) is 1.96. The maximum atomic E-state index is 11.9. The quantitative estimate of drug-likeness (QED) is 0.539. The number of hydrogen-bond donors (Lipinski definition) is 0. The standard InChI is InChI=1S/C16H24O2/c1-12(2)6-5-9-18-11-16(17)15-8-7-13(3)10-14(15)4/h7-8,10,12H,5-6,9,11H2,1-4H3. The first-order valence-electron chi connectivity index (χ1n) is 6.69. The molecule has 0 N–H and O–H groups in total. The molecule has 18 heavy (non-hydrogen) atoms. The number of Topliss-reactive ketones (excluding diaryl/α,β-unsaturated/α-hetero) is 1. The first-order valence-corrected chi connectivity index (χ1v) is 6.69. The Kier molecular flexibility index (Phi) is 6.06. The number of hydrogen-bond acceptors (Lipinski definition) is 2. The van der Waals surface area contributed by atoms with Crippen LogP contribution >= 0.6 is 0 Å². The number of benzene rings is 1. The summed E-state index contributed by atoms with van der Waals surface area (Å²) in [7, 11) is 0. The van der Waals surface area contributed by atoms with Crippen LogP contribution in [0.25, 0.3) is 0 Å². The highest BCUT2D eigenvalue weighted by Crippen LogP contribution is 2.11. The molecule has 0 heterocycles. The molecule has 2 nitrogen and oxygen atoms in total. The van der Waals surface area contributed by atoms with Crippen molar-refractivity contribution in [2.75, 3.05) is 13.2 Å². The van der Waals surface area contributed by atoms with Gasteiger partial charge in [-0.3, -0.25) is 4.79 Å². The van der Waals surface area contributed by atoms with Crippen LogP contribution in [0.15, 0.2) is 18.2 Å². The van der Waals surface area contributed by atoms with Gasteiger partial charge in [0.2, 0.25) is 0 Å². The molecule has 0 saturated heterocycles. The Morgan fingerprint density at radius 2 is 2.00 bits per heavy atom. The zero-order chi connectivity index (χ0) is 13.5. The van der Waals surface area contributed by atoms with Crippen molar-refractivity contribution < 1.29 is 9.53 Å². The van der Waals surface area contributed by atoms with E-state index in [2.05, 4.69) is 13.8 Å². The highest BCUT2D eigenvalue weighted by Gasteiger charge is 2.08. The van der Waals surface area contributed by atoms with Gasteiger partial charge in [0.1, 0.15) is 6.61 Å². The minimum Gasteiger partial charge on any atom is -0.373 e. The molecule has 0 saturated carbocycles. The van der Waals surface area contributed by atoms with Crippen molar-refractivity contribution in [1.29, 1.82) is 0 Å². The van der Waals surface area contributed by atoms with Crippen LogP contribution in [0.3, 0.4) is 0 Å². The van der Waals surface area contributed by atoms with Gasteiger partial charge in [0.15, 0.2) is 5.78 Å². The van der Waals surface area contributed by atoms with Gasteiger partial charge >= 0.3 is 0 Å². The van der Waals surface area contributed by atoms with Crippen LogP contribution in [-0.4, -0.2) is 19.0 Å². The lowest BCUT2D eigenvalue weighted by Gasteiger charge is -2.08. The van der Waals surface area contributed by atoms with Gasteiger partial charge in [0.05, 0.1) is 0 Å². The van der Waals surface area contributed by atoms with Crippen LogP contribution in [-0.2, 0) is 4.74 Å². The van der Waals surface area contributed by atoms with E-state index in [0.29, 0.717) is 12.5 Å². The van der Waals surface area contributed by atoms with E-state index >= 15 is 0 Å². The van der Waals surface area contributed by atoms with Gasteiger partial charge < -0.3 is 4.74 Å². The Labute approximate surface area is 110 Å². The van der Waals surface area contributed by atoms with E-state index in [-0.39, 0.29) is 12.4 Å². The number of carbonyl (C=O) groups excluding carboxylic acids is 1. The van der Waals surface area contributed by atoms with E-state index in [1.165, 1.54) is 5.56 Å².